The van der Waals surface area contributed by atoms with Crippen molar-refractivity contribution >= 4 is 11.6 Å². The summed E-state index contributed by atoms with van der Waals surface area (Å²) in [6, 6.07) is 15.8. The Morgan fingerprint density at radius 1 is 1.14 bits per heavy atom. The van der Waals surface area contributed by atoms with Gasteiger partial charge in [-0.15, -0.1) is 0 Å². The molecule has 0 aliphatic heterocycles. The molecule has 0 aliphatic rings. The number of nitrogens with two attached hydrogens (primary N) is 1. The predicted octanol–water partition coefficient (Wildman–Crippen LogP) is 2.64. The van der Waals surface area contributed by atoms with E-state index < -0.39 is 0 Å². The lowest BCUT2D eigenvalue weighted by atomic mass is 10.1. The van der Waals surface area contributed by atoms with Crippen LogP contribution >= 0.6 is 0 Å². The number of rotatable bonds is 6. The minimum Gasteiger partial charge on any atom is -0.352 e. The van der Waals surface area contributed by atoms with Gasteiger partial charge in [-0.2, -0.15) is 0 Å². The second-order valence-electron chi connectivity index (χ2n) is 5.04. The Kier molecular flexibility index (Phi) is 5.35. The molecule has 0 spiro atoms. The van der Waals surface area contributed by atoms with E-state index in [2.05, 4.69) is 22.9 Å². The van der Waals surface area contributed by atoms with Gasteiger partial charge >= 0.3 is 0 Å². The van der Waals surface area contributed by atoms with E-state index in [-0.39, 0.29) is 5.91 Å². The molecule has 2 rings (SSSR count). The summed E-state index contributed by atoms with van der Waals surface area (Å²) < 4.78 is 0. The molecular weight excluding hydrogens is 262 g/mol. The summed E-state index contributed by atoms with van der Waals surface area (Å²) in [5.74, 6) is 5.36. The van der Waals surface area contributed by atoms with Crippen LogP contribution in [0.2, 0.25) is 0 Å². The zero-order valence-electron chi connectivity index (χ0n) is 12.2. The highest BCUT2D eigenvalue weighted by molar-refractivity contribution is 5.99. The SMILES string of the molecule is Cc1ccc(C(=O)NCCCc2ccccc2)c(NN)c1. The predicted molar refractivity (Wildman–Crippen MR) is 86.1 cm³/mol. The van der Waals surface area contributed by atoms with E-state index in [4.69, 9.17) is 5.84 Å². The van der Waals surface area contributed by atoms with Crippen molar-refractivity contribution in [2.24, 2.45) is 5.84 Å². The number of carbonyl (C=O) groups is 1. The summed E-state index contributed by atoms with van der Waals surface area (Å²) in [7, 11) is 0. The summed E-state index contributed by atoms with van der Waals surface area (Å²) >= 11 is 0. The van der Waals surface area contributed by atoms with Crippen molar-refractivity contribution in [3.8, 4) is 0 Å². The van der Waals surface area contributed by atoms with Crippen molar-refractivity contribution in [3.05, 3.63) is 65.2 Å². The quantitative estimate of drug-likeness (QED) is 0.434. The zero-order valence-corrected chi connectivity index (χ0v) is 12.2. The number of nitrogen functional groups attached to an aromatic ring is 1. The Bertz CT molecular complexity index is 596. The monoisotopic (exact) mass is 283 g/mol. The van der Waals surface area contributed by atoms with Gasteiger partial charge in [-0.3, -0.25) is 10.6 Å². The molecule has 0 atom stereocenters. The molecule has 4 nitrogen and oxygen atoms in total. The van der Waals surface area contributed by atoms with Crippen LogP contribution in [0.3, 0.4) is 0 Å². The summed E-state index contributed by atoms with van der Waals surface area (Å²) in [6.07, 6.45) is 1.87. The number of benzene rings is 2. The van der Waals surface area contributed by atoms with Crippen molar-refractivity contribution in [1.82, 2.24) is 5.32 Å². The summed E-state index contributed by atoms with van der Waals surface area (Å²) in [5.41, 5.74) is 6.14. The highest BCUT2D eigenvalue weighted by Crippen LogP contribution is 2.16. The smallest absolute Gasteiger partial charge is 0.253 e. The largest absolute Gasteiger partial charge is 0.352 e. The lowest BCUT2D eigenvalue weighted by molar-refractivity contribution is 0.0954. The highest BCUT2D eigenvalue weighted by atomic mass is 16.1. The van der Waals surface area contributed by atoms with E-state index in [9.17, 15) is 4.79 Å². The number of hydrogen-bond acceptors (Lipinski definition) is 3. The van der Waals surface area contributed by atoms with E-state index >= 15 is 0 Å². The van der Waals surface area contributed by atoms with Crippen LogP contribution in [0.25, 0.3) is 0 Å². The maximum absolute atomic E-state index is 12.1. The molecule has 0 heterocycles. The van der Waals surface area contributed by atoms with Crippen LogP contribution in [0.5, 0.6) is 0 Å². The maximum atomic E-state index is 12.1. The van der Waals surface area contributed by atoms with E-state index in [0.717, 1.165) is 18.4 Å². The summed E-state index contributed by atoms with van der Waals surface area (Å²) in [4.78, 5) is 12.1. The fourth-order valence-corrected chi connectivity index (χ4v) is 2.21. The minimum atomic E-state index is -0.101. The topological polar surface area (TPSA) is 67.2 Å². The molecule has 0 aromatic heterocycles. The molecule has 110 valence electrons. The number of amides is 1. The number of aryl methyl sites for hydroxylation is 2. The van der Waals surface area contributed by atoms with Gasteiger partial charge in [-0.05, 0) is 43.0 Å². The van der Waals surface area contributed by atoms with E-state index in [0.29, 0.717) is 17.8 Å². The molecule has 0 unspecified atom stereocenters. The van der Waals surface area contributed by atoms with Crippen LogP contribution in [0.4, 0.5) is 5.69 Å². The maximum Gasteiger partial charge on any atom is 0.253 e. The molecule has 0 saturated carbocycles. The van der Waals surface area contributed by atoms with Crippen LogP contribution in [0, 0.1) is 6.92 Å². The molecule has 4 heteroatoms. The number of hydrogen-bond donors (Lipinski definition) is 3. The lowest BCUT2D eigenvalue weighted by Gasteiger charge is -2.10. The fourth-order valence-electron chi connectivity index (χ4n) is 2.21. The van der Waals surface area contributed by atoms with Crippen LogP contribution in [0.15, 0.2) is 48.5 Å². The molecule has 0 bridgehead atoms. The van der Waals surface area contributed by atoms with Gasteiger partial charge in [0, 0.05) is 6.54 Å². The number of hydrazine groups is 1. The number of carbonyl (C=O) groups excluding carboxylic acids is 1. The van der Waals surface area contributed by atoms with Gasteiger partial charge in [-0.1, -0.05) is 36.4 Å². The van der Waals surface area contributed by atoms with Gasteiger partial charge in [0.1, 0.15) is 0 Å². The van der Waals surface area contributed by atoms with Crippen molar-refractivity contribution in [1.29, 1.82) is 0 Å². The molecule has 2 aromatic carbocycles. The Hall–Kier alpha value is -2.33. The minimum absolute atomic E-state index is 0.101. The Labute approximate surface area is 125 Å². The molecule has 2 aromatic rings. The van der Waals surface area contributed by atoms with Gasteiger partial charge in [0.2, 0.25) is 0 Å². The van der Waals surface area contributed by atoms with Gasteiger partial charge < -0.3 is 10.7 Å². The van der Waals surface area contributed by atoms with Crippen LogP contribution in [-0.4, -0.2) is 12.5 Å². The van der Waals surface area contributed by atoms with Gasteiger partial charge in [0.25, 0.3) is 5.91 Å². The first-order valence-electron chi connectivity index (χ1n) is 7.10. The molecule has 0 aliphatic carbocycles. The molecular formula is C17H21N3O. The fraction of sp³-hybridized carbons (Fsp3) is 0.235. The highest BCUT2D eigenvalue weighted by Gasteiger charge is 2.10. The third kappa shape index (κ3) is 4.33. The Morgan fingerprint density at radius 3 is 2.62 bits per heavy atom. The molecule has 1 amide bonds. The Morgan fingerprint density at radius 2 is 1.90 bits per heavy atom. The van der Waals surface area contributed by atoms with Crippen molar-refractivity contribution in [2.75, 3.05) is 12.0 Å². The van der Waals surface area contributed by atoms with Crippen molar-refractivity contribution in [3.63, 3.8) is 0 Å². The van der Waals surface area contributed by atoms with E-state index in [1.807, 2.05) is 37.3 Å². The van der Waals surface area contributed by atoms with E-state index in [1.165, 1.54) is 5.56 Å². The first kappa shape index (κ1) is 15.1. The third-order valence-electron chi connectivity index (χ3n) is 3.35. The molecule has 21 heavy (non-hydrogen) atoms. The Balaban J connectivity index is 1.85. The van der Waals surface area contributed by atoms with Crippen LogP contribution in [0.1, 0.15) is 27.9 Å². The van der Waals surface area contributed by atoms with E-state index in [1.54, 1.807) is 6.07 Å². The normalized spacial score (nSPS) is 10.2. The number of nitrogens with one attached hydrogen (secondary N) is 2. The number of anilines is 1. The van der Waals surface area contributed by atoms with Gasteiger partial charge in [-0.25, -0.2) is 0 Å². The molecule has 4 N–H and O–H groups in total. The van der Waals surface area contributed by atoms with Gasteiger partial charge in [0.05, 0.1) is 11.3 Å². The standard InChI is InChI=1S/C17H21N3O/c1-13-9-10-15(16(12-13)20-18)17(21)19-11-5-8-14-6-3-2-4-7-14/h2-4,6-7,9-10,12,20H,5,8,11,18H2,1H3,(H,19,21). The second kappa shape index (κ2) is 7.45. The lowest BCUT2D eigenvalue weighted by Crippen LogP contribution is -2.26. The van der Waals surface area contributed by atoms with Crippen molar-refractivity contribution in [2.45, 2.75) is 19.8 Å². The average molecular weight is 283 g/mol. The first-order valence-corrected chi connectivity index (χ1v) is 7.10. The molecule has 0 radical (unpaired) electrons. The summed E-state index contributed by atoms with van der Waals surface area (Å²) in [6.45, 7) is 2.61. The molecule has 0 fully saturated rings. The van der Waals surface area contributed by atoms with Crippen LogP contribution < -0.4 is 16.6 Å². The molecule has 0 saturated heterocycles. The van der Waals surface area contributed by atoms with Crippen LogP contribution in [-0.2, 0) is 6.42 Å². The average Bonchev–Trinajstić information content (AvgIpc) is 2.52. The zero-order chi connectivity index (χ0) is 15.1. The summed E-state index contributed by atoms with van der Waals surface area (Å²) in [5, 5.41) is 2.93. The van der Waals surface area contributed by atoms with Gasteiger partial charge in [0.15, 0.2) is 0 Å². The van der Waals surface area contributed by atoms with Crippen molar-refractivity contribution < 1.29 is 4.79 Å². The second-order valence-corrected chi connectivity index (χ2v) is 5.04. The first-order chi connectivity index (χ1) is 10.2. The third-order valence-corrected chi connectivity index (χ3v) is 3.35.